The molecule has 1 aromatic rings. The van der Waals surface area contributed by atoms with Crippen LogP contribution in [-0.2, 0) is 0 Å². The highest BCUT2D eigenvalue weighted by Crippen LogP contribution is 2.27. The van der Waals surface area contributed by atoms with Crippen LogP contribution in [0.15, 0.2) is 28.7 Å². The van der Waals surface area contributed by atoms with Crippen LogP contribution >= 0.6 is 15.9 Å². The molecule has 0 heterocycles. The van der Waals surface area contributed by atoms with Crippen molar-refractivity contribution in [3.05, 3.63) is 34.3 Å². The molecule has 3 heteroatoms. The van der Waals surface area contributed by atoms with E-state index in [4.69, 9.17) is 0 Å². The fraction of sp³-hybridized carbons (Fsp3) is 0.462. The van der Waals surface area contributed by atoms with Crippen LogP contribution in [0.2, 0.25) is 0 Å². The Kier molecular flexibility index (Phi) is 3.77. The number of benzene rings is 1. The van der Waals surface area contributed by atoms with Crippen LogP contribution in [0.4, 0.5) is 0 Å². The van der Waals surface area contributed by atoms with Gasteiger partial charge in [0.25, 0.3) is 0 Å². The average Bonchev–Trinajstić information content (AvgIpc) is 2.30. The number of rotatable bonds is 2. The molecule has 2 nitrogen and oxygen atoms in total. The molecule has 0 radical (unpaired) electrons. The van der Waals surface area contributed by atoms with Crippen molar-refractivity contribution in [1.82, 2.24) is 0 Å². The summed E-state index contributed by atoms with van der Waals surface area (Å²) in [6.07, 6.45) is 3.20. The number of hydrogen-bond donors (Lipinski definition) is 1. The zero-order valence-corrected chi connectivity index (χ0v) is 10.6. The summed E-state index contributed by atoms with van der Waals surface area (Å²) in [5.41, 5.74) is 0.703. The molecule has 86 valence electrons. The Morgan fingerprint density at radius 3 is 2.44 bits per heavy atom. The van der Waals surface area contributed by atoms with Gasteiger partial charge in [-0.3, -0.25) is 4.79 Å². The van der Waals surface area contributed by atoms with E-state index in [0.717, 1.165) is 30.2 Å². The number of halogens is 1. The van der Waals surface area contributed by atoms with Crippen molar-refractivity contribution in [3.63, 3.8) is 0 Å². The minimum absolute atomic E-state index is 0.0831. The normalized spacial score (nSPS) is 25.4. The molecular formula is C13H15BrO2. The summed E-state index contributed by atoms with van der Waals surface area (Å²) < 4.78 is 0.966. The van der Waals surface area contributed by atoms with Gasteiger partial charge in [-0.25, -0.2) is 0 Å². The Labute approximate surface area is 104 Å². The number of carbonyl (C=O) groups is 1. The van der Waals surface area contributed by atoms with E-state index in [1.165, 1.54) is 0 Å². The molecule has 0 amide bonds. The van der Waals surface area contributed by atoms with Crippen LogP contribution in [0.1, 0.15) is 36.0 Å². The molecule has 1 aliphatic carbocycles. The van der Waals surface area contributed by atoms with Crippen LogP contribution in [0.3, 0.4) is 0 Å². The first-order valence-corrected chi connectivity index (χ1v) is 6.45. The predicted octanol–water partition coefficient (Wildman–Crippen LogP) is 3.18. The molecule has 16 heavy (non-hydrogen) atoms. The van der Waals surface area contributed by atoms with Gasteiger partial charge in [0.1, 0.15) is 0 Å². The van der Waals surface area contributed by atoms with E-state index in [9.17, 15) is 9.90 Å². The van der Waals surface area contributed by atoms with E-state index in [1.54, 1.807) is 0 Å². The first-order valence-electron chi connectivity index (χ1n) is 5.66. The standard InChI is InChI=1S/C13H15BrO2/c14-10-7-5-9(6-8-10)13(16)11-3-1-2-4-12(11)15/h5-8,11-12,15H,1-4H2. The van der Waals surface area contributed by atoms with Gasteiger partial charge in [-0.2, -0.15) is 0 Å². The molecule has 2 atom stereocenters. The molecule has 1 aliphatic rings. The van der Waals surface area contributed by atoms with Crippen molar-refractivity contribution < 1.29 is 9.90 Å². The van der Waals surface area contributed by atoms with Crippen molar-refractivity contribution in [2.24, 2.45) is 5.92 Å². The summed E-state index contributed by atoms with van der Waals surface area (Å²) in [6.45, 7) is 0. The third kappa shape index (κ3) is 2.53. The molecule has 0 bridgehead atoms. The topological polar surface area (TPSA) is 37.3 Å². The lowest BCUT2D eigenvalue weighted by Gasteiger charge is -2.26. The third-order valence-corrected chi connectivity index (χ3v) is 3.72. The van der Waals surface area contributed by atoms with E-state index in [1.807, 2.05) is 24.3 Å². The van der Waals surface area contributed by atoms with E-state index >= 15 is 0 Å². The number of aliphatic hydroxyl groups is 1. The largest absolute Gasteiger partial charge is 0.392 e. The minimum atomic E-state index is -0.454. The lowest BCUT2D eigenvalue weighted by atomic mass is 9.81. The molecule has 0 spiro atoms. The van der Waals surface area contributed by atoms with Crippen molar-refractivity contribution in [3.8, 4) is 0 Å². The van der Waals surface area contributed by atoms with Gasteiger partial charge in [-0.15, -0.1) is 0 Å². The van der Waals surface area contributed by atoms with Gasteiger partial charge < -0.3 is 5.11 Å². The Hall–Kier alpha value is -0.670. The molecule has 2 unspecified atom stereocenters. The quantitative estimate of drug-likeness (QED) is 0.846. The number of hydrogen-bond acceptors (Lipinski definition) is 2. The van der Waals surface area contributed by atoms with E-state index < -0.39 is 6.10 Å². The summed E-state index contributed by atoms with van der Waals surface area (Å²) in [5, 5.41) is 9.83. The molecule has 0 aromatic heterocycles. The van der Waals surface area contributed by atoms with Crippen molar-refractivity contribution in [1.29, 1.82) is 0 Å². The summed E-state index contributed by atoms with van der Waals surface area (Å²) >= 11 is 3.34. The second-order valence-corrected chi connectivity index (χ2v) is 5.25. The van der Waals surface area contributed by atoms with Crippen molar-refractivity contribution in [2.75, 3.05) is 0 Å². The lowest BCUT2D eigenvalue weighted by molar-refractivity contribution is 0.0525. The van der Waals surface area contributed by atoms with Gasteiger partial charge >= 0.3 is 0 Å². The summed E-state index contributed by atoms with van der Waals surface area (Å²) in [6, 6.07) is 7.35. The fourth-order valence-corrected chi connectivity index (χ4v) is 2.51. The smallest absolute Gasteiger partial charge is 0.168 e. The summed E-state index contributed by atoms with van der Waals surface area (Å²) in [7, 11) is 0. The lowest BCUT2D eigenvalue weighted by Crippen LogP contribution is -2.31. The third-order valence-electron chi connectivity index (χ3n) is 3.19. The molecule has 1 aromatic carbocycles. The molecular weight excluding hydrogens is 268 g/mol. The maximum atomic E-state index is 12.1. The van der Waals surface area contributed by atoms with E-state index in [0.29, 0.717) is 5.56 Å². The van der Waals surface area contributed by atoms with Gasteiger partial charge in [-0.05, 0) is 25.0 Å². The SMILES string of the molecule is O=C(c1ccc(Br)cc1)C1CCCCC1O. The summed E-state index contributed by atoms with van der Waals surface area (Å²) in [4.78, 5) is 12.1. The number of aliphatic hydroxyl groups excluding tert-OH is 1. The monoisotopic (exact) mass is 282 g/mol. The molecule has 2 rings (SSSR count). The number of Topliss-reactive ketones (excluding diaryl/α,β-unsaturated/α-hetero) is 1. The molecule has 1 saturated carbocycles. The van der Waals surface area contributed by atoms with Crippen LogP contribution in [0.5, 0.6) is 0 Å². The zero-order chi connectivity index (χ0) is 11.5. The minimum Gasteiger partial charge on any atom is -0.392 e. The highest BCUT2D eigenvalue weighted by molar-refractivity contribution is 9.10. The Balaban J connectivity index is 2.14. The van der Waals surface area contributed by atoms with Crippen LogP contribution in [0.25, 0.3) is 0 Å². The first kappa shape index (κ1) is 11.8. The fourth-order valence-electron chi connectivity index (χ4n) is 2.25. The van der Waals surface area contributed by atoms with Gasteiger partial charge in [0.15, 0.2) is 5.78 Å². The second-order valence-electron chi connectivity index (χ2n) is 4.33. The van der Waals surface area contributed by atoms with E-state index in [2.05, 4.69) is 15.9 Å². The molecule has 1 N–H and O–H groups in total. The van der Waals surface area contributed by atoms with Gasteiger partial charge in [0.2, 0.25) is 0 Å². The predicted molar refractivity (Wildman–Crippen MR) is 66.4 cm³/mol. The molecule has 0 aliphatic heterocycles. The maximum Gasteiger partial charge on any atom is 0.168 e. The molecule has 0 saturated heterocycles. The number of carbonyl (C=O) groups excluding carboxylic acids is 1. The van der Waals surface area contributed by atoms with Gasteiger partial charge in [0, 0.05) is 16.0 Å². The van der Waals surface area contributed by atoms with Crippen LogP contribution < -0.4 is 0 Å². The Morgan fingerprint density at radius 2 is 1.81 bits per heavy atom. The zero-order valence-electron chi connectivity index (χ0n) is 9.03. The van der Waals surface area contributed by atoms with E-state index in [-0.39, 0.29) is 11.7 Å². The number of ketones is 1. The second kappa shape index (κ2) is 5.11. The van der Waals surface area contributed by atoms with Crippen molar-refractivity contribution in [2.45, 2.75) is 31.8 Å². The van der Waals surface area contributed by atoms with Gasteiger partial charge in [0.05, 0.1) is 6.10 Å². The van der Waals surface area contributed by atoms with Crippen molar-refractivity contribution >= 4 is 21.7 Å². The highest BCUT2D eigenvalue weighted by atomic mass is 79.9. The van der Waals surface area contributed by atoms with Gasteiger partial charge in [-0.1, -0.05) is 40.9 Å². The first-order chi connectivity index (χ1) is 7.68. The van der Waals surface area contributed by atoms with Crippen LogP contribution in [0, 0.1) is 5.92 Å². The highest BCUT2D eigenvalue weighted by Gasteiger charge is 2.29. The maximum absolute atomic E-state index is 12.1. The Morgan fingerprint density at radius 1 is 1.19 bits per heavy atom. The average molecular weight is 283 g/mol. The Bertz CT molecular complexity index is 372. The summed E-state index contributed by atoms with van der Waals surface area (Å²) in [5.74, 6) is -0.116. The molecule has 1 fully saturated rings. The van der Waals surface area contributed by atoms with Crippen LogP contribution in [-0.4, -0.2) is 17.0 Å².